The fourth-order valence-corrected chi connectivity index (χ4v) is 3.63. The Morgan fingerprint density at radius 3 is 2.80 bits per heavy atom. The Hall–Kier alpha value is -1.88. The van der Waals surface area contributed by atoms with Gasteiger partial charge in [-0.3, -0.25) is 4.79 Å². The van der Waals surface area contributed by atoms with Gasteiger partial charge in [-0.15, -0.1) is 0 Å². The van der Waals surface area contributed by atoms with Gasteiger partial charge in [0.2, 0.25) is 5.91 Å². The molecular weight excluding hydrogens is 252 g/mol. The van der Waals surface area contributed by atoms with Gasteiger partial charge in [0.05, 0.1) is 5.69 Å². The summed E-state index contributed by atoms with van der Waals surface area (Å²) in [4.78, 5) is 18.5. The molecule has 2 bridgehead atoms. The quantitative estimate of drug-likeness (QED) is 0.893. The monoisotopic (exact) mass is 270 g/mol. The summed E-state index contributed by atoms with van der Waals surface area (Å²) in [5, 5.41) is 0. The number of imidazole rings is 1. The highest BCUT2D eigenvalue weighted by molar-refractivity contribution is 5.93. The van der Waals surface area contributed by atoms with Crippen molar-refractivity contribution in [1.29, 1.82) is 0 Å². The average Bonchev–Trinajstić information content (AvgIpc) is 2.91. The molecule has 2 aromatic rings. The second kappa shape index (κ2) is 4.31. The maximum absolute atomic E-state index is 11.2. The van der Waals surface area contributed by atoms with Gasteiger partial charge in [-0.25, -0.2) is 4.98 Å². The van der Waals surface area contributed by atoms with Crippen LogP contribution < -0.4 is 5.73 Å². The first-order valence-electron chi connectivity index (χ1n) is 7.21. The zero-order valence-electron chi connectivity index (χ0n) is 11.3. The molecule has 5 heteroatoms. The Morgan fingerprint density at radius 2 is 2.15 bits per heavy atom. The number of aromatic nitrogens is 2. The van der Waals surface area contributed by atoms with Crippen LogP contribution in [0.4, 0.5) is 0 Å². The molecule has 0 radical (unpaired) electrons. The number of pyridine rings is 1. The van der Waals surface area contributed by atoms with Gasteiger partial charge in [0, 0.05) is 30.4 Å². The molecule has 3 saturated heterocycles. The smallest absolute Gasteiger partial charge is 0.248 e. The maximum atomic E-state index is 11.2. The molecule has 3 fully saturated rings. The zero-order chi connectivity index (χ0) is 13.7. The van der Waals surface area contributed by atoms with E-state index in [2.05, 4.69) is 11.1 Å². The number of hydrogen-bond acceptors (Lipinski definition) is 3. The third kappa shape index (κ3) is 1.81. The highest BCUT2D eigenvalue weighted by Gasteiger charge is 2.36. The molecule has 5 nitrogen and oxygen atoms in total. The van der Waals surface area contributed by atoms with Gasteiger partial charge in [-0.2, -0.15) is 0 Å². The number of amides is 1. The van der Waals surface area contributed by atoms with Gasteiger partial charge in [0.25, 0.3) is 0 Å². The van der Waals surface area contributed by atoms with Crippen molar-refractivity contribution >= 4 is 11.6 Å². The minimum Gasteiger partial charge on any atom is -0.366 e. The number of rotatable bonds is 2. The van der Waals surface area contributed by atoms with Crippen LogP contribution >= 0.6 is 0 Å². The number of piperidine rings is 3. The van der Waals surface area contributed by atoms with E-state index in [0.29, 0.717) is 11.5 Å². The van der Waals surface area contributed by atoms with Crippen LogP contribution in [-0.4, -0.2) is 39.8 Å². The van der Waals surface area contributed by atoms with Gasteiger partial charge >= 0.3 is 0 Å². The summed E-state index contributed by atoms with van der Waals surface area (Å²) in [6, 6.07) is 3.52. The van der Waals surface area contributed by atoms with E-state index in [1.165, 1.54) is 25.9 Å². The van der Waals surface area contributed by atoms with Crippen molar-refractivity contribution in [1.82, 2.24) is 14.3 Å². The van der Waals surface area contributed by atoms with Gasteiger partial charge in [0.15, 0.2) is 0 Å². The molecule has 3 aliphatic heterocycles. The van der Waals surface area contributed by atoms with Crippen molar-refractivity contribution in [2.24, 2.45) is 11.7 Å². The summed E-state index contributed by atoms with van der Waals surface area (Å²) in [6.07, 6.45) is 6.54. The van der Waals surface area contributed by atoms with E-state index in [1.54, 1.807) is 12.1 Å². The van der Waals surface area contributed by atoms with Gasteiger partial charge < -0.3 is 15.0 Å². The number of carbonyl (C=O) groups excluding carboxylic acids is 1. The van der Waals surface area contributed by atoms with Crippen LogP contribution in [0.5, 0.6) is 0 Å². The Morgan fingerprint density at radius 1 is 1.35 bits per heavy atom. The maximum Gasteiger partial charge on any atom is 0.248 e. The lowest BCUT2D eigenvalue weighted by Gasteiger charge is -2.44. The summed E-state index contributed by atoms with van der Waals surface area (Å²) in [7, 11) is 0. The van der Waals surface area contributed by atoms with Gasteiger partial charge in [-0.05, 0) is 44.0 Å². The van der Waals surface area contributed by atoms with E-state index >= 15 is 0 Å². The fraction of sp³-hybridized carbons (Fsp3) is 0.467. The van der Waals surface area contributed by atoms with Crippen LogP contribution in [0.15, 0.2) is 24.5 Å². The molecule has 104 valence electrons. The molecule has 1 atom stereocenters. The van der Waals surface area contributed by atoms with Crippen molar-refractivity contribution in [3.05, 3.63) is 35.8 Å². The molecule has 0 spiro atoms. The second-order valence-electron chi connectivity index (χ2n) is 5.96. The SMILES string of the molecule is NC(=O)c1ccn2cc([C@H]3CN4CCC3CC4)nc2c1. The normalized spacial score (nSPS) is 28.9. The van der Waals surface area contributed by atoms with Gasteiger partial charge in [-0.1, -0.05) is 0 Å². The fourth-order valence-electron chi connectivity index (χ4n) is 3.63. The third-order valence-corrected chi connectivity index (χ3v) is 4.80. The first kappa shape index (κ1) is 11.9. The predicted octanol–water partition coefficient (Wildman–Crippen LogP) is 1.24. The highest BCUT2D eigenvalue weighted by atomic mass is 16.1. The van der Waals surface area contributed by atoms with Crippen LogP contribution in [0.25, 0.3) is 5.65 Å². The summed E-state index contributed by atoms with van der Waals surface area (Å²) in [6.45, 7) is 3.60. The number of carbonyl (C=O) groups is 1. The number of primary amides is 1. The lowest BCUT2D eigenvalue weighted by Crippen LogP contribution is -2.46. The van der Waals surface area contributed by atoms with E-state index in [9.17, 15) is 4.79 Å². The van der Waals surface area contributed by atoms with Crippen LogP contribution in [0.2, 0.25) is 0 Å². The Labute approximate surface area is 117 Å². The molecule has 2 N–H and O–H groups in total. The van der Waals surface area contributed by atoms with Crippen LogP contribution in [0, 0.1) is 5.92 Å². The number of nitrogens with two attached hydrogens (primary N) is 1. The van der Waals surface area contributed by atoms with Crippen LogP contribution in [0.1, 0.15) is 34.8 Å². The van der Waals surface area contributed by atoms with E-state index in [1.807, 2.05) is 10.6 Å². The number of fused-ring (bicyclic) bond motifs is 4. The van der Waals surface area contributed by atoms with Crippen LogP contribution in [-0.2, 0) is 0 Å². The van der Waals surface area contributed by atoms with E-state index in [-0.39, 0.29) is 0 Å². The van der Waals surface area contributed by atoms with Gasteiger partial charge in [0.1, 0.15) is 5.65 Å². The molecule has 1 amide bonds. The second-order valence-corrected chi connectivity index (χ2v) is 5.96. The summed E-state index contributed by atoms with van der Waals surface area (Å²) >= 11 is 0. The summed E-state index contributed by atoms with van der Waals surface area (Å²) < 4.78 is 1.99. The molecule has 5 heterocycles. The molecular formula is C15H18N4O. The minimum atomic E-state index is -0.403. The highest BCUT2D eigenvalue weighted by Crippen LogP contribution is 2.38. The zero-order valence-corrected chi connectivity index (χ0v) is 11.3. The summed E-state index contributed by atoms with van der Waals surface area (Å²) in [5.41, 5.74) is 7.80. The van der Waals surface area contributed by atoms with Crippen LogP contribution in [0.3, 0.4) is 0 Å². The minimum absolute atomic E-state index is 0.403. The molecule has 0 aromatic carbocycles. The molecule has 2 aromatic heterocycles. The molecule has 5 rings (SSSR count). The Balaban J connectivity index is 1.72. The largest absolute Gasteiger partial charge is 0.366 e. The standard InChI is InChI=1S/C15H18N4O/c16-15(20)11-3-6-19-9-13(17-14(19)7-11)12-8-18-4-1-10(12)2-5-18/h3,6-7,9-10,12H,1-2,4-5,8H2,(H2,16,20)/t12-/m0/s1. The van der Waals surface area contributed by atoms with Crippen molar-refractivity contribution in [2.45, 2.75) is 18.8 Å². The molecule has 3 aliphatic rings. The molecule has 0 unspecified atom stereocenters. The van der Waals surface area contributed by atoms with Crippen molar-refractivity contribution in [2.75, 3.05) is 19.6 Å². The Bertz CT molecular complexity index is 670. The van der Waals surface area contributed by atoms with Crippen molar-refractivity contribution in [3.63, 3.8) is 0 Å². The molecule has 0 saturated carbocycles. The lowest BCUT2D eigenvalue weighted by molar-refractivity contribution is 0.0856. The number of nitrogens with zero attached hydrogens (tertiary/aromatic N) is 3. The third-order valence-electron chi connectivity index (χ3n) is 4.80. The molecule has 20 heavy (non-hydrogen) atoms. The lowest BCUT2D eigenvalue weighted by atomic mass is 9.78. The van der Waals surface area contributed by atoms with E-state index in [4.69, 9.17) is 10.7 Å². The Kier molecular flexibility index (Phi) is 2.57. The average molecular weight is 270 g/mol. The number of hydrogen-bond donors (Lipinski definition) is 1. The summed E-state index contributed by atoms with van der Waals surface area (Å²) in [5.74, 6) is 0.898. The molecule has 0 aliphatic carbocycles. The van der Waals surface area contributed by atoms with Crippen molar-refractivity contribution < 1.29 is 4.79 Å². The predicted molar refractivity (Wildman–Crippen MR) is 75.6 cm³/mol. The van der Waals surface area contributed by atoms with E-state index < -0.39 is 5.91 Å². The topological polar surface area (TPSA) is 63.6 Å². The first-order valence-corrected chi connectivity index (χ1v) is 7.21. The van der Waals surface area contributed by atoms with Crippen molar-refractivity contribution in [3.8, 4) is 0 Å². The van der Waals surface area contributed by atoms with E-state index in [0.717, 1.165) is 23.8 Å². The first-order chi connectivity index (χ1) is 9.70.